The van der Waals surface area contributed by atoms with Crippen LogP contribution in [-0.2, 0) is 17.5 Å². The van der Waals surface area contributed by atoms with Gasteiger partial charge in [0.15, 0.2) is 0 Å². The average Bonchev–Trinajstić information content (AvgIpc) is 3.09. The fourth-order valence-electron chi connectivity index (χ4n) is 2.15. The first kappa shape index (κ1) is 20.8. The number of hydrogen-bond acceptors (Lipinski definition) is 6. The Morgan fingerprint density at radius 2 is 2.18 bits per heavy atom. The van der Waals surface area contributed by atoms with Gasteiger partial charge < -0.3 is 10.4 Å². The van der Waals surface area contributed by atoms with Gasteiger partial charge in [0, 0.05) is 11.9 Å². The van der Waals surface area contributed by atoms with E-state index in [9.17, 15) is 23.1 Å². The number of thiocarbonyl (C=S) groups is 1. The number of nitriles is 1. The predicted molar refractivity (Wildman–Crippen MR) is 95.5 cm³/mol. The number of aliphatic imine (C=N–C) groups is 1. The molecule has 0 aliphatic carbocycles. The number of amides is 1. The zero-order valence-electron chi connectivity index (χ0n) is 13.9. The van der Waals surface area contributed by atoms with E-state index in [4.69, 9.17) is 11.7 Å². The number of benzene rings is 1. The SMILES string of the molecule is C#CC(O)(Cn1cc(C#N)cn1)C(=O)Nc1ccc(N=C=S)c(C(F)(F)F)c1. The number of hydrogen-bond donors (Lipinski definition) is 2. The van der Waals surface area contributed by atoms with Crippen molar-refractivity contribution in [2.24, 2.45) is 4.99 Å². The van der Waals surface area contributed by atoms with Gasteiger partial charge in [0.2, 0.25) is 5.60 Å². The number of aromatic nitrogens is 2. The Hall–Kier alpha value is -3.50. The molecule has 11 heteroatoms. The molecule has 2 N–H and O–H groups in total. The maximum atomic E-state index is 13.2. The second-order valence-electron chi connectivity index (χ2n) is 5.43. The number of carbonyl (C=O) groups excluding carboxylic acids is 1. The molecule has 2 rings (SSSR count). The van der Waals surface area contributed by atoms with Gasteiger partial charge in [-0.15, -0.1) is 6.42 Å². The second-order valence-corrected chi connectivity index (χ2v) is 5.61. The summed E-state index contributed by atoms with van der Waals surface area (Å²) in [6.45, 7) is -0.517. The zero-order valence-corrected chi connectivity index (χ0v) is 14.7. The second kappa shape index (κ2) is 8.03. The standard InChI is InChI=1S/C17H10F3N5O2S/c1-2-16(27,9-25-8-11(6-21)7-23-25)15(26)24-12-3-4-14(22-10-28)13(5-12)17(18,19)20/h1,3-5,7-8,27H,9H2,(H,24,26). The van der Waals surface area contributed by atoms with Crippen LogP contribution < -0.4 is 5.32 Å². The van der Waals surface area contributed by atoms with Crippen LogP contribution in [0.15, 0.2) is 35.6 Å². The molecule has 1 aromatic carbocycles. The largest absolute Gasteiger partial charge is 0.418 e. The molecule has 7 nitrogen and oxygen atoms in total. The molecule has 0 fully saturated rings. The summed E-state index contributed by atoms with van der Waals surface area (Å²) in [4.78, 5) is 15.7. The molecule has 1 aromatic heterocycles. The van der Waals surface area contributed by atoms with E-state index in [0.717, 1.165) is 16.8 Å². The number of aliphatic hydroxyl groups is 1. The summed E-state index contributed by atoms with van der Waals surface area (Å²) in [7, 11) is 0. The first-order chi connectivity index (χ1) is 13.1. The smallest absolute Gasteiger partial charge is 0.368 e. The third-order valence-corrected chi connectivity index (χ3v) is 3.58. The predicted octanol–water partition coefficient (Wildman–Crippen LogP) is 2.51. The fraction of sp³-hybridized carbons (Fsp3) is 0.176. The zero-order chi connectivity index (χ0) is 20.9. The van der Waals surface area contributed by atoms with Crippen molar-refractivity contribution in [2.75, 3.05) is 5.32 Å². The van der Waals surface area contributed by atoms with Crippen LogP contribution >= 0.6 is 12.2 Å². The molecular weight excluding hydrogens is 395 g/mol. The molecule has 0 saturated carbocycles. The molecule has 1 atom stereocenters. The lowest BCUT2D eigenvalue weighted by Crippen LogP contribution is -2.45. The average molecular weight is 405 g/mol. The van der Waals surface area contributed by atoms with Crippen molar-refractivity contribution in [2.45, 2.75) is 18.3 Å². The number of carbonyl (C=O) groups is 1. The van der Waals surface area contributed by atoms with Gasteiger partial charge >= 0.3 is 6.18 Å². The number of isothiocyanates is 1. The van der Waals surface area contributed by atoms with Crippen molar-refractivity contribution in [3.63, 3.8) is 0 Å². The number of halogens is 3. The van der Waals surface area contributed by atoms with E-state index in [-0.39, 0.29) is 11.3 Å². The van der Waals surface area contributed by atoms with Crippen LogP contribution in [0.1, 0.15) is 11.1 Å². The van der Waals surface area contributed by atoms with Crippen LogP contribution in [0.5, 0.6) is 0 Å². The van der Waals surface area contributed by atoms with Gasteiger partial charge in [-0.2, -0.15) is 28.5 Å². The molecule has 1 heterocycles. The van der Waals surface area contributed by atoms with E-state index < -0.39 is 35.5 Å². The first-order valence-corrected chi connectivity index (χ1v) is 7.77. The van der Waals surface area contributed by atoms with Gasteiger partial charge in [0.05, 0.1) is 34.7 Å². The molecule has 0 saturated heterocycles. The molecule has 1 unspecified atom stereocenters. The highest BCUT2D eigenvalue weighted by Crippen LogP contribution is 2.38. The summed E-state index contributed by atoms with van der Waals surface area (Å²) in [6.07, 6.45) is 2.90. The maximum absolute atomic E-state index is 13.2. The van der Waals surface area contributed by atoms with Gasteiger partial charge in [-0.05, 0) is 30.4 Å². The quantitative estimate of drug-likeness (QED) is 0.452. The number of rotatable bonds is 5. The van der Waals surface area contributed by atoms with Gasteiger partial charge in [-0.3, -0.25) is 9.48 Å². The summed E-state index contributed by atoms with van der Waals surface area (Å²) < 4.78 is 40.5. The van der Waals surface area contributed by atoms with Crippen molar-refractivity contribution in [1.82, 2.24) is 9.78 Å². The lowest BCUT2D eigenvalue weighted by atomic mass is 10.0. The van der Waals surface area contributed by atoms with Gasteiger partial charge in [0.1, 0.15) is 6.07 Å². The van der Waals surface area contributed by atoms with E-state index in [1.165, 1.54) is 12.4 Å². The van der Waals surface area contributed by atoms with Crippen LogP contribution in [0.25, 0.3) is 0 Å². The van der Waals surface area contributed by atoms with E-state index in [1.807, 2.05) is 17.2 Å². The number of alkyl halides is 3. The molecular formula is C17H10F3N5O2S. The Morgan fingerprint density at radius 3 is 2.71 bits per heavy atom. The van der Waals surface area contributed by atoms with E-state index in [2.05, 4.69) is 27.6 Å². The monoisotopic (exact) mass is 405 g/mol. The van der Waals surface area contributed by atoms with Gasteiger partial charge in [-0.1, -0.05) is 5.92 Å². The summed E-state index contributed by atoms with van der Waals surface area (Å²) in [6, 6.07) is 4.56. The molecule has 0 spiro atoms. The van der Waals surface area contributed by atoms with Gasteiger partial charge in [0.25, 0.3) is 5.91 Å². The summed E-state index contributed by atoms with van der Waals surface area (Å²) in [5.74, 6) is 0.736. The minimum absolute atomic E-state index is 0.171. The van der Waals surface area contributed by atoms with Gasteiger partial charge in [-0.25, -0.2) is 0 Å². The molecule has 0 radical (unpaired) electrons. The van der Waals surface area contributed by atoms with Crippen LogP contribution in [0.4, 0.5) is 24.5 Å². The highest BCUT2D eigenvalue weighted by atomic mass is 32.1. The third kappa shape index (κ3) is 4.61. The lowest BCUT2D eigenvalue weighted by molar-refractivity contribution is -0.137. The molecule has 142 valence electrons. The Kier molecular flexibility index (Phi) is 5.96. The molecule has 2 aromatic rings. The van der Waals surface area contributed by atoms with E-state index >= 15 is 0 Å². The van der Waals surface area contributed by atoms with Crippen LogP contribution in [0.3, 0.4) is 0 Å². The van der Waals surface area contributed by atoms with Crippen molar-refractivity contribution >= 4 is 34.7 Å². The Morgan fingerprint density at radius 1 is 1.46 bits per heavy atom. The maximum Gasteiger partial charge on any atom is 0.418 e. The molecule has 0 aliphatic rings. The fourth-order valence-corrected chi connectivity index (χ4v) is 2.25. The first-order valence-electron chi connectivity index (χ1n) is 7.36. The summed E-state index contributed by atoms with van der Waals surface area (Å²) in [5, 5.41) is 26.9. The Labute approximate surface area is 162 Å². The van der Waals surface area contributed by atoms with Crippen LogP contribution in [-0.4, -0.2) is 31.6 Å². The van der Waals surface area contributed by atoms with Crippen molar-refractivity contribution in [3.8, 4) is 18.4 Å². The van der Waals surface area contributed by atoms with E-state index in [1.54, 1.807) is 0 Å². The van der Waals surface area contributed by atoms with E-state index in [0.29, 0.717) is 6.07 Å². The van der Waals surface area contributed by atoms with Crippen molar-refractivity contribution < 1.29 is 23.1 Å². The third-order valence-electron chi connectivity index (χ3n) is 3.49. The van der Waals surface area contributed by atoms with Crippen LogP contribution in [0, 0.1) is 23.7 Å². The number of nitrogens with one attached hydrogen (secondary N) is 1. The van der Waals surface area contributed by atoms with Crippen molar-refractivity contribution in [1.29, 1.82) is 5.26 Å². The topological polar surface area (TPSA) is 103 Å². The number of terminal acetylenes is 1. The summed E-state index contributed by atoms with van der Waals surface area (Å²) in [5.41, 5.74) is -4.16. The Bertz CT molecular complexity index is 1040. The lowest BCUT2D eigenvalue weighted by Gasteiger charge is -2.21. The normalized spacial score (nSPS) is 12.8. The van der Waals surface area contributed by atoms with Crippen molar-refractivity contribution in [3.05, 3.63) is 41.7 Å². The molecule has 0 bridgehead atoms. The minimum Gasteiger partial charge on any atom is -0.368 e. The highest BCUT2D eigenvalue weighted by molar-refractivity contribution is 7.78. The summed E-state index contributed by atoms with van der Waals surface area (Å²) >= 11 is 4.32. The molecule has 28 heavy (non-hydrogen) atoms. The number of anilines is 1. The molecule has 0 aliphatic heterocycles. The Balaban J connectivity index is 2.30. The molecule has 1 amide bonds. The minimum atomic E-state index is -4.77. The highest BCUT2D eigenvalue weighted by Gasteiger charge is 2.37. The number of nitrogens with zero attached hydrogens (tertiary/aromatic N) is 4. The van der Waals surface area contributed by atoms with Crippen LogP contribution in [0.2, 0.25) is 0 Å².